The Hall–Kier alpha value is -0.360. The van der Waals surface area contributed by atoms with E-state index in [2.05, 4.69) is 10.3 Å². The van der Waals surface area contributed by atoms with Crippen molar-refractivity contribution in [2.24, 2.45) is 0 Å². The number of aliphatic hydroxyl groups is 1. The molecule has 6 heteroatoms. The number of rotatable bonds is 3. The van der Waals surface area contributed by atoms with E-state index < -0.39 is 5.60 Å². The van der Waals surface area contributed by atoms with Crippen LogP contribution in [0.25, 0.3) is 0 Å². The van der Waals surface area contributed by atoms with Gasteiger partial charge in [-0.3, -0.25) is 0 Å². The maximum atomic E-state index is 10.1. The van der Waals surface area contributed by atoms with Crippen molar-refractivity contribution >= 4 is 28.1 Å². The van der Waals surface area contributed by atoms with E-state index in [1.165, 1.54) is 11.3 Å². The molecule has 0 spiro atoms. The number of aromatic nitrogens is 1. The van der Waals surface area contributed by atoms with Crippen LogP contribution in [0.4, 0.5) is 5.13 Å². The van der Waals surface area contributed by atoms with Crippen LogP contribution in [0.5, 0.6) is 0 Å². The molecule has 84 valence electrons. The van der Waals surface area contributed by atoms with Crippen molar-refractivity contribution in [3.8, 4) is 0 Å². The van der Waals surface area contributed by atoms with Crippen molar-refractivity contribution in [1.82, 2.24) is 4.98 Å². The molecule has 15 heavy (non-hydrogen) atoms. The van der Waals surface area contributed by atoms with Gasteiger partial charge < -0.3 is 15.2 Å². The van der Waals surface area contributed by atoms with Crippen LogP contribution in [0.2, 0.25) is 5.15 Å². The number of ether oxygens (including phenoxy) is 1. The highest BCUT2D eigenvalue weighted by Gasteiger charge is 2.29. The summed E-state index contributed by atoms with van der Waals surface area (Å²) in [4.78, 5) is 4.06. The lowest BCUT2D eigenvalue weighted by Gasteiger charge is -2.31. The van der Waals surface area contributed by atoms with Gasteiger partial charge in [0.1, 0.15) is 5.15 Å². The molecule has 0 radical (unpaired) electrons. The maximum Gasteiger partial charge on any atom is 0.184 e. The zero-order valence-electron chi connectivity index (χ0n) is 8.20. The standard InChI is InChI=1S/C9H13ClN2O2S/c10-7-5-15-8(12-7)11-6-9(13)1-3-14-4-2-9/h5,13H,1-4,6H2,(H,11,12). The molecule has 0 atom stereocenters. The molecule has 1 saturated heterocycles. The van der Waals surface area contributed by atoms with Crippen LogP contribution in [0.3, 0.4) is 0 Å². The molecule has 2 heterocycles. The Balaban J connectivity index is 1.86. The third-order valence-corrected chi connectivity index (χ3v) is 3.59. The highest BCUT2D eigenvalue weighted by molar-refractivity contribution is 7.14. The SMILES string of the molecule is OC1(CNc2nc(Cl)cs2)CCOCC1. The first-order valence-corrected chi connectivity index (χ1v) is 6.09. The topological polar surface area (TPSA) is 54.4 Å². The Morgan fingerprint density at radius 1 is 1.60 bits per heavy atom. The van der Waals surface area contributed by atoms with E-state index >= 15 is 0 Å². The molecular formula is C9H13ClN2O2S. The van der Waals surface area contributed by atoms with E-state index in [9.17, 15) is 5.11 Å². The van der Waals surface area contributed by atoms with Crippen LogP contribution in [0.15, 0.2) is 5.38 Å². The molecule has 2 N–H and O–H groups in total. The molecule has 1 aromatic heterocycles. The molecule has 0 aromatic carbocycles. The number of hydrogen-bond donors (Lipinski definition) is 2. The van der Waals surface area contributed by atoms with Crippen molar-refractivity contribution in [1.29, 1.82) is 0 Å². The van der Waals surface area contributed by atoms with Crippen molar-refractivity contribution in [2.45, 2.75) is 18.4 Å². The van der Waals surface area contributed by atoms with Crippen LogP contribution < -0.4 is 5.32 Å². The lowest BCUT2D eigenvalue weighted by atomic mass is 9.95. The molecule has 1 aliphatic rings. The maximum absolute atomic E-state index is 10.1. The largest absolute Gasteiger partial charge is 0.388 e. The average Bonchev–Trinajstić information content (AvgIpc) is 2.63. The number of anilines is 1. The van der Waals surface area contributed by atoms with E-state index in [0.29, 0.717) is 37.8 Å². The second kappa shape index (κ2) is 4.65. The third kappa shape index (κ3) is 3.04. The second-order valence-electron chi connectivity index (χ2n) is 3.67. The number of nitrogens with one attached hydrogen (secondary N) is 1. The summed E-state index contributed by atoms with van der Waals surface area (Å²) < 4.78 is 5.20. The summed E-state index contributed by atoms with van der Waals surface area (Å²) in [6.45, 7) is 1.74. The first-order valence-electron chi connectivity index (χ1n) is 4.83. The van der Waals surface area contributed by atoms with E-state index in [0.717, 1.165) is 5.13 Å². The van der Waals surface area contributed by atoms with Gasteiger partial charge in [-0.05, 0) is 0 Å². The van der Waals surface area contributed by atoms with E-state index in [1.807, 2.05) is 0 Å². The van der Waals surface area contributed by atoms with Crippen molar-refractivity contribution < 1.29 is 9.84 Å². The van der Waals surface area contributed by atoms with Crippen LogP contribution in [0.1, 0.15) is 12.8 Å². The van der Waals surface area contributed by atoms with Crippen molar-refractivity contribution in [3.05, 3.63) is 10.5 Å². The van der Waals surface area contributed by atoms with E-state index in [4.69, 9.17) is 16.3 Å². The normalized spacial score (nSPS) is 20.1. The quantitative estimate of drug-likeness (QED) is 0.856. The lowest BCUT2D eigenvalue weighted by Crippen LogP contribution is -2.42. The molecule has 2 rings (SSSR count). The van der Waals surface area contributed by atoms with Gasteiger partial charge in [0.2, 0.25) is 0 Å². The predicted octanol–water partition coefficient (Wildman–Crippen LogP) is 1.75. The Bertz CT molecular complexity index is 326. The van der Waals surface area contributed by atoms with Gasteiger partial charge in [0.15, 0.2) is 5.13 Å². The van der Waals surface area contributed by atoms with Crippen LogP contribution in [-0.2, 0) is 4.74 Å². The first-order chi connectivity index (χ1) is 7.18. The molecule has 4 nitrogen and oxygen atoms in total. The van der Waals surface area contributed by atoms with Gasteiger partial charge in [0.25, 0.3) is 0 Å². The predicted molar refractivity (Wildman–Crippen MR) is 60.6 cm³/mol. The van der Waals surface area contributed by atoms with Gasteiger partial charge >= 0.3 is 0 Å². The lowest BCUT2D eigenvalue weighted by molar-refractivity contribution is -0.0543. The molecule has 1 aromatic rings. The van der Waals surface area contributed by atoms with Crippen molar-refractivity contribution in [3.63, 3.8) is 0 Å². The second-order valence-corrected chi connectivity index (χ2v) is 4.91. The summed E-state index contributed by atoms with van der Waals surface area (Å²) in [5.74, 6) is 0. The van der Waals surface area contributed by atoms with Crippen LogP contribution in [-0.4, -0.2) is 35.5 Å². The summed E-state index contributed by atoms with van der Waals surface area (Å²) in [5, 5.41) is 16.2. The average molecular weight is 249 g/mol. The highest BCUT2D eigenvalue weighted by Crippen LogP contribution is 2.23. The third-order valence-electron chi connectivity index (χ3n) is 2.47. The van der Waals surface area contributed by atoms with Gasteiger partial charge in [-0.15, -0.1) is 11.3 Å². The fourth-order valence-corrected chi connectivity index (χ4v) is 2.34. The molecule has 0 bridgehead atoms. The molecule has 0 unspecified atom stereocenters. The number of thiazole rings is 1. The molecule has 0 aliphatic carbocycles. The molecular weight excluding hydrogens is 236 g/mol. The molecule has 0 amide bonds. The monoisotopic (exact) mass is 248 g/mol. The highest BCUT2D eigenvalue weighted by atomic mass is 35.5. The Labute approximate surface area is 97.2 Å². The Morgan fingerprint density at radius 2 is 2.33 bits per heavy atom. The summed E-state index contributed by atoms with van der Waals surface area (Å²) in [6, 6.07) is 0. The summed E-state index contributed by atoms with van der Waals surface area (Å²) in [6.07, 6.45) is 1.33. The Kier molecular flexibility index (Phi) is 3.45. The van der Waals surface area contributed by atoms with Crippen LogP contribution in [0, 0.1) is 0 Å². The Morgan fingerprint density at radius 3 is 2.93 bits per heavy atom. The van der Waals surface area contributed by atoms with Gasteiger partial charge in [0, 0.05) is 38.0 Å². The molecule has 1 fully saturated rings. The minimum atomic E-state index is -0.670. The molecule has 0 saturated carbocycles. The fraction of sp³-hybridized carbons (Fsp3) is 0.667. The fourth-order valence-electron chi connectivity index (χ4n) is 1.50. The van der Waals surface area contributed by atoms with Crippen molar-refractivity contribution in [2.75, 3.05) is 25.1 Å². The van der Waals surface area contributed by atoms with Gasteiger partial charge in [-0.2, -0.15) is 0 Å². The van der Waals surface area contributed by atoms with Gasteiger partial charge in [0.05, 0.1) is 5.60 Å². The zero-order valence-corrected chi connectivity index (χ0v) is 9.77. The number of halogens is 1. The summed E-state index contributed by atoms with van der Waals surface area (Å²) >= 11 is 7.13. The van der Waals surface area contributed by atoms with E-state index in [1.54, 1.807) is 5.38 Å². The zero-order chi connectivity index (χ0) is 10.7. The number of hydrogen-bond acceptors (Lipinski definition) is 5. The summed E-state index contributed by atoms with van der Waals surface area (Å²) in [5.41, 5.74) is -0.670. The minimum absolute atomic E-state index is 0.487. The van der Waals surface area contributed by atoms with Crippen LogP contribution >= 0.6 is 22.9 Å². The smallest absolute Gasteiger partial charge is 0.184 e. The minimum Gasteiger partial charge on any atom is -0.388 e. The number of nitrogens with zero attached hydrogens (tertiary/aromatic N) is 1. The van der Waals surface area contributed by atoms with Gasteiger partial charge in [-0.25, -0.2) is 4.98 Å². The summed E-state index contributed by atoms with van der Waals surface area (Å²) in [7, 11) is 0. The van der Waals surface area contributed by atoms with E-state index in [-0.39, 0.29) is 0 Å². The van der Waals surface area contributed by atoms with Gasteiger partial charge in [-0.1, -0.05) is 11.6 Å². The first kappa shape index (κ1) is 11.1. The molecule has 1 aliphatic heterocycles.